The molecule has 0 aliphatic carbocycles. The van der Waals surface area contributed by atoms with Crippen LogP contribution in [0.5, 0.6) is 11.5 Å². The fourth-order valence-corrected chi connectivity index (χ4v) is 2.82. The number of benzene rings is 3. The molecule has 0 atom stereocenters. The first-order valence-electron chi connectivity index (χ1n) is 6.91. The van der Waals surface area contributed by atoms with Crippen LogP contribution in [0.15, 0.2) is 64.5 Å². The Labute approximate surface area is 157 Å². The number of fused-ring (bicyclic) bond motifs is 1. The summed E-state index contributed by atoms with van der Waals surface area (Å²) in [6.07, 6.45) is 1.33. The third kappa shape index (κ3) is 4.04. The second-order valence-electron chi connectivity index (χ2n) is 5.10. The van der Waals surface area contributed by atoms with Crippen LogP contribution in [0.4, 0.5) is 5.69 Å². The predicted molar refractivity (Wildman–Crippen MR) is 90.8 cm³/mol. The molecule has 8 heteroatoms. The second-order valence-corrected chi connectivity index (χ2v) is 6.52. The van der Waals surface area contributed by atoms with Crippen molar-refractivity contribution < 1.29 is 42.7 Å². The van der Waals surface area contributed by atoms with E-state index in [1.807, 2.05) is 24.3 Å². The number of hydrogen-bond acceptors (Lipinski definition) is 5. The molecule has 3 aromatic rings. The Balaban J connectivity index is 0.00000225. The molecule has 124 valence electrons. The standard InChI is InChI=1S/C17H13NO5S.Zn/c19-16-7-5-11-3-1-2-4-13(11)14(16)10-18-15-9-12(24(21,22)23)6-8-17(15)20;/h1-10,19-20H,(H,21,22,23);. The number of hydrogen-bond donors (Lipinski definition) is 3. The van der Waals surface area contributed by atoms with Gasteiger partial charge in [-0.15, -0.1) is 0 Å². The number of nitrogens with zero attached hydrogens (tertiary/aromatic N) is 1. The van der Waals surface area contributed by atoms with Crippen LogP contribution in [0.25, 0.3) is 10.8 Å². The molecule has 0 bridgehead atoms. The predicted octanol–water partition coefficient (Wildman–Crippen LogP) is 3.25. The van der Waals surface area contributed by atoms with Crippen LogP contribution in [-0.4, -0.2) is 29.4 Å². The van der Waals surface area contributed by atoms with Gasteiger partial charge in [-0.3, -0.25) is 9.55 Å². The molecule has 3 N–H and O–H groups in total. The van der Waals surface area contributed by atoms with Crippen LogP contribution < -0.4 is 0 Å². The molecule has 0 saturated carbocycles. The van der Waals surface area contributed by atoms with E-state index in [4.69, 9.17) is 4.55 Å². The first-order valence-corrected chi connectivity index (χ1v) is 8.35. The minimum atomic E-state index is -4.40. The Bertz CT molecular complexity index is 1060. The van der Waals surface area contributed by atoms with Gasteiger partial charge in [0.25, 0.3) is 10.1 Å². The van der Waals surface area contributed by atoms with Crippen molar-refractivity contribution in [3.63, 3.8) is 0 Å². The van der Waals surface area contributed by atoms with Crippen molar-refractivity contribution in [1.82, 2.24) is 0 Å². The van der Waals surface area contributed by atoms with E-state index in [2.05, 4.69) is 4.99 Å². The largest absolute Gasteiger partial charge is 0.507 e. The summed E-state index contributed by atoms with van der Waals surface area (Å²) in [6.45, 7) is 0. The summed E-state index contributed by atoms with van der Waals surface area (Å²) in [5, 5.41) is 21.5. The van der Waals surface area contributed by atoms with E-state index in [0.29, 0.717) is 5.56 Å². The molecule has 0 aliphatic rings. The van der Waals surface area contributed by atoms with E-state index < -0.39 is 10.1 Å². The number of aliphatic imine (C=N–C) groups is 1. The SMILES string of the molecule is O=S(=O)(O)c1ccc(O)c(N=Cc2c(O)ccc3ccccc23)c1.[Zn]. The molecular formula is C17H13NO5SZn. The minimum absolute atomic E-state index is 0. The molecule has 25 heavy (non-hydrogen) atoms. The fraction of sp³-hybridized carbons (Fsp3) is 0. The van der Waals surface area contributed by atoms with Crippen LogP contribution in [0.1, 0.15) is 5.56 Å². The molecule has 0 radical (unpaired) electrons. The summed E-state index contributed by atoms with van der Waals surface area (Å²) in [6, 6.07) is 13.9. The van der Waals surface area contributed by atoms with Gasteiger partial charge in [0.2, 0.25) is 0 Å². The van der Waals surface area contributed by atoms with Gasteiger partial charge >= 0.3 is 0 Å². The average Bonchev–Trinajstić information content (AvgIpc) is 2.54. The van der Waals surface area contributed by atoms with Gasteiger partial charge in [-0.2, -0.15) is 8.42 Å². The first-order chi connectivity index (χ1) is 11.4. The van der Waals surface area contributed by atoms with Gasteiger partial charge in [-0.1, -0.05) is 30.3 Å². The number of phenols is 2. The zero-order chi connectivity index (χ0) is 17.3. The van der Waals surface area contributed by atoms with Crippen molar-refractivity contribution in [2.75, 3.05) is 0 Å². The number of phenolic OH excluding ortho intramolecular Hbond substituents is 2. The maximum absolute atomic E-state index is 11.2. The van der Waals surface area contributed by atoms with Gasteiger partial charge in [0, 0.05) is 31.3 Å². The average molecular weight is 409 g/mol. The number of rotatable bonds is 3. The molecular weight excluding hydrogens is 396 g/mol. The van der Waals surface area contributed by atoms with Gasteiger partial charge in [-0.25, -0.2) is 0 Å². The van der Waals surface area contributed by atoms with Crippen molar-refractivity contribution in [1.29, 1.82) is 0 Å². The van der Waals surface area contributed by atoms with Crippen molar-refractivity contribution in [3.05, 3.63) is 60.2 Å². The van der Waals surface area contributed by atoms with Crippen LogP contribution in [0.3, 0.4) is 0 Å². The summed E-state index contributed by atoms with van der Waals surface area (Å²) in [5.41, 5.74) is 0.391. The van der Waals surface area contributed by atoms with E-state index in [9.17, 15) is 18.6 Å². The summed E-state index contributed by atoms with van der Waals surface area (Å²) < 4.78 is 31.4. The van der Waals surface area contributed by atoms with E-state index in [-0.39, 0.29) is 41.6 Å². The third-order valence-corrected chi connectivity index (χ3v) is 4.37. The Morgan fingerprint density at radius 3 is 2.32 bits per heavy atom. The Hall–Kier alpha value is -2.28. The fourth-order valence-electron chi connectivity index (χ4n) is 2.32. The first kappa shape index (κ1) is 19.1. The van der Waals surface area contributed by atoms with Crippen LogP contribution >= 0.6 is 0 Å². The summed E-state index contributed by atoms with van der Waals surface area (Å²) in [5.74, 6) is -0.249. The molecule has 0 spiro atoms. The third-order valence-electron chi connectivity index (χ3n) is 3.53. The van der Waals surface area contributed by atoms with Crippen molar-refractivity contribution in [2.24, 2.45) is 4.99 Å². The maximum atomic E-state index is 11.2. The molecule has 3 aromatic carbocycles. The Morgan fingerprint density at radius 1 is 0.920 bits per heavy atom. The molecule has 0 amide bonds. The zero-order valence-corrected chi connectivity index (χ0v) is 16.8. The monoisotopic (exact) mass is 407 g/mol. The molecule has 0 aromatic heterocycles. The van der Waals surface area contributed by atoms with Crippen LogP contribution in [-0.2, 0) is 29.6 Å². The summed E-state index contributed by atoms with van der Waals surface area (Å²) >= 11 is 0. The molecule has 0 unspecified atom stereocenters. The molecule has 0 saturated heterocycles. The molecule has 0 aliphatic heterocycles. The molecule has 0 heterocycles. The quantitative estimate of drug-likeness (QED) is 0.350. The van der Waals surface area contributed by atoms with E-state index in [0.717, 1.165) is 29.0 Å². The van der Waals surface area contributed by atoms with Gasteiger partial charge in [0.1, 0.15) is 17.2 Å². The molecule has 3 rings (SSSR count). The summed E-state index contributed by atoms with van der Waals surface area (Å²) in [7, 11) is -4.40. The van der Waals surface area contributed by atoms with E-state index in [1.54, 1.807) is 6.07 Å². The molecule has 0 fully saturated rings. The van der Waals surface area contributed by atoms with Gasteiger partial charge in [-0.05, 0) is 35.0 Å². The van der Waals surface area contributed by atoms with Gasteiger partial charge in [0.05, 0.1) is 4.90 Å². The van der Waals surface area contributed by atoms with Gasteiger partial charge in [0.15, 0.2) is 0 Å². The smallest absolute Gasteiger partial charge is 0.294 e. The Morgan fingerprint density at radius 2 is 1.60 bits per heavy atom. The summed E-state index contributed by atoms with van der Waals surface area (Å²) in [4.78, 5) is 3.67. The Kier molecular flexibility index (Phi) is 5.57. The minimum Gasteiger partial charge on any atom is -0.507 e. The van der Waals surface area contributed by atoms with Crippen molar-refractivity contribution >= 4 is 32.8 Å². The molecule has 6 nitrogen and oxygen atoms in total. The van der Waals surface area contributed by atoms with Crippen molar-refractivity contribution in [3.8, 4) is 11.5 Å². The van der Waals surface area contributed by atoms with E-state index >= 15 is 0 Å². The van der Waals surface area contributed by atoms with Crippen molar-refractivity contribution in [2.45, 2.75) is 4.90 Å². The number of aromatic hydroxyl groups is 2. The van der Waals surface area contributed by atoms with Crippen LogP contribution in [0, 0.1) is 0 Å². The topological polar surface area (TPSA) is 107 Å². The zero-order valence-electron chi connectivity index (χ0n) is 13.0. The van der Waals surface area contributed by atoms with E-state index in [1.165, 1.54) is 12.3 Å². The normalized spacial score (nSPS) is 11.6. The maximum Gasteiger partial charge on any atom is 0.294 e. The van der Waals surface area contributed by atoms with Gasteiger partial charge < -0.3 is 10.2 Å². The van der Waals surface area contributed by atoms with Crippen LogP contribution in [0.2, 0.25) is 0 Å². The second kappa shape index (κ2) is 7.31.